The van der Waals surface area contributed by atoms with Gasteiger partial charge in [-0.25, -0.2) is 17.6 Å². The fourth-order valence-corrected chi connectivity index (χ4v) is 5.83. The van der Waals surface area contributed by atoms with Crippen molar-refractivity contribution in [1.29, 1.82) is 0 Å². The van der Waals surface area contributed by atoms with E-state index in [2.05, 4.69) is 10.3 Å². The summed E-state index contributed by atoms with van der Waals surface area (Å²) in [6.07, 6.45) is 0.808. The van der Waals surface area contributed by atoms with Crippen LogP contribution in [0.2, 0.25) is 0 Å². The van der Waals surface area contributed by atoms with Gasteiger partial charge >= 0.3 is 0 Å². The van der Waals surface area contributed by atoms with E-state index in [1.807, 2.05) is 11.0 Å². The minimum atomic E-state index is -3.47. The molecule has 2 unspecified atom stereocenters. The van der Waals surface area contributed by atoms with E-state index in [0.29, 0.717) is 49.4 Å². The number of aromatic amines is 1. The number of hydrogen-bond acceptors (Lipinski definition) is 5. The molecule has 0 radical (unpaired) electrons. The molecule has 0 saturated carbocycles. The van der Waals surface area contributed by atoms with E-state index >= 15 is 8.78 Å². The number of rotatable bonds is 10. The molecule has 1 fully saturated rings. The normalized spacial score (nSPS) is 20.7. The topological polar surface area (TPSA) is 63.8 Å². The number of hydrogen-bond donors (Lipinski definition) is 3. The van der Waals surface area contributed by atoms with Gasteiger partial charge in [0.2, 0.25) is 0 Å². The molecule has 1 saturated heterocycles. The summed E-state index contributed by atoms with van der Waals surface area (Å²) in [6.45, 7) is 0.996. The molecule has 5 rings (SSSR count). The summed E-state index contributed by atoms with van der Waals surface area (Å²) in [4.78, 5) is 6.63. The molecule has 0 spiro atoms. The molecule has 2 aliphatic rings. The van der Waals surface area contributed by atoms with Crippen molar-refractivity contribution < 1.29 is 31.8 Å². The van der Waals surface area contributed by atoms with Crippen LogP contribution >= 0.6 is 0 Å². The molecule has 39 heavy (non-hydrogen) atoms. The van der Waals surface area contributed by atoms with Crippen LogP contribution in [-0.2, 0) is 6.42 Å². The molecule has 0 amide bonds. The predicted octanol–water partition coefficient (Wildman–Crippen LogP) is 4.87. The lowest BCUT2D eigenvalue weighted by Gasteiger charge is -2.42. The zero-order valence-corrected chi connectivity index (χ0v) is 21.9. The van der Waals surface area contributed by atoms with Gasteiger partial charge in [0.25, 0.3) is 5.92 Å². The number of fused-ring (bicyclic) bond motifs is 3. The summed E-state index contributed by atoms with van der Waals surface area (Å²) >= 11 is 0. The highest BCUT2D eigenvalue weighted by molar-refractivity contribution is 5.87. The highest BCUT2D eigenvalue weighted by atomic mass is 19.3. The molecule has 3 heterocycles. The summed E-state index contributed by atoms with van der Waals surface area (Å²) in [5, 5.41) is 13.2. The summed E-state index contributed by atoms with van der Waals surface area (Å²) < 4.78 is 78.3. The molecule has 212 valence electrons. The van der Waals surface area contributed by atoms with Gasteiger partial charge in [0.15, 0.2) is 0 Å². The van der Waals surface area contributed by atoms with E-state index in [4.69, 9.17) is 4.74 Å². The molecule has 0 bridgehead atoms. The maximum Gasteiger partial charge on any atom is 0.283 e. The molecular formula is C28H33F5N4O2. The molecule has 3 aromatic rings. The average molecular weight is 553 g/mol. The number of aromatic nitrogens is 1. The van der Waals surface area contributed by atoms with Crippen LogP contribution in [0.3, 0.4) is 0 Å². The van der Waals surface area contributed by atoms with Crippen molar-refractivity contribution in [2.24, 2.45) is 0 Å². The van der Waals surface area contributed by atoms with Gasteiger partial charge in [-0.3, -0.25) is 14.2 Å². The minimum Gasteiger partial charge on any atom is -0.497 e. The van der Waals surface area contributed by atoms with Gasteiger partial charge in [-0.1, -0.05) is 0 Å². The molecule has 3 N–H and O–H groups in total. The number of methoxy groups -OCH3 is 1. The van der Waals surface area contributed by atoms with Crippen LogP contribution in [0.25, 0.3) is 10.9 Å². The van der Waals surface area contributed by atoms with E-state index in [9.17, 15) is 18.3 Å². The van der Waals surface area contributed by atoms with E-state index in [1.165, 1.54) is 24.1 Å². The Balaban J connectivity index is 1.52. The molecule has 1 aromatic heterocycles. The number of alkyl halides is 3. The molecular weight excluding hydrogens is 519 g/mol. The SMILES string of the molecule is COc1ccc2[nH]c3c(c2c1)CC(C)N(CC(F)(F)CO)C3c1c(F)cc(NC2CN(CCCF)C2)cc1F. The number of anilines is 1. The Morgan fingerprint density at radius 2 is 1.87 bits per heavy atom. The third kappa shape index (κ3) is 5.44. The third-order valence-corrected chi connectivity index (χ3v) is 7.75. The van der Waals surface area contributed by atoms with E-state index in [1.54, 1.807) is 19.1 Å². The molecule has 2 aromatic carbocycles. The number of aliphatic hydroxyl groups is 1. The van der Waals surface area contributed by atoms with Crippen molar-refractivity contribution in [3.63, 3.8) is 0 Å². The molecule has 0 aliphatic carbocycles. The molecule has 2 atom stereocenters. The number of aliphatic hydroxyl groups excluding tert-OH is 1. The summed E-state index contributed by atoms with van der Waals surface area (Å²) in [5.74, 6) is -4.57. The van der Waals surface area contributed by atoms with Gasteiger partial charge in [0.1, 0.15) is 24.0 Å². The quantitative estimate of drug-likeness (QED) is 0.313. The van der Waals surface area contributed by atoms with Crippen LogP contribution in [0.15, 0.2) is 30.3 Å². The first kappa shape index (κ1) is 27.7. The summed E-state index contributed by atoms with van der Waals surface area (Å²) in [5.41, 5.74) is 1.84. The number of H-pyrrole nitrogens is 1. The number of nitrogens with zero attached hydrogens (tertiary/aromatic N) is 2. The first-order valence-electron chi connectivity index (χ1n) is 13.1. The zero-order chi connectivity index (χ0) is 27.9. The van der Waals surface area contributed by atoms with Crippen molar-refractivity contribution in [2.75, 3.05) is 51.9 Å². The van der Waals surface area contributed by atoms with Crippen molar-refractivity contribution >= 4 is 16.6 Å². The monoisotopic (exact) mass is 552 g/mol. The Bertz CT molecular complexity index is 1300. The Hall–Kier alpha value is -2.89. The van der Waals surface area contributed by atoms with E-state index < -0.39 is 42.8 Å². The lowest BCUT2D eigenvalue weighted by atomic mass is 9.87. The molecule has 6 nitrogen and oxygen atoms in total. The van der Waals surface area contributed by atoms with Crippen molar-refractivity contribution in [3.05, 3.63) is 58.8 Å². The minimum absolute atomic E-state index is 0.0287. The summed E-state index contributed by atoms with van der Waals surface area (Å²) in [6, 6.07) is 6.03. The van der Waals surface area contributed by atoms with Gasteiger partial charge in [0, 0.05) is 53.5 Å². The van der Waals surface area contributed by atoms with Crippen LogP contribution in [0.5, 0.6) is 5.75 Å². The Kier molecular flexibility index (Phi) is 7.76. The standard InChI is InChI=1S/C28H33F5N4O2/c1-16-8-21-20-11-19(39-2)4-5-24(20)35-26(21)27(37(16)14-28(32,33)15-38)25-22(30)9-17(10-23(25)31)34-18-12-36(13-18)7-3-6-29/h4-5,9-11,16,18,27,34-35,38H,3,6-8,12-15H2,1-2H3. The highest BCUT2D eigenvalue weighted by Gasteiger charge is 2.43. The lowest BCUT2D eigenvalue weighted by molar-refractivity contribution is -0.0869. The Morgan fingerprint density at radius 1 is 1.15 bits per heavy atom. The second kappa shape index (κ2) is 10.9. The number of ether oxygens (including phenoxy) is 1. The van der Waals surface area contributed by atoms with E-state index in [0.717, 1.165) is 10.9 Å². The zero-order valence-electron chi connectivity index (χ0n) is 21.9. The van der Waals surface area contributed by atoms with Crippen LogP contribution in [0.4, 0.5) is 27.6 Å². The largest absolute Gasteiger partial charge is 0.497 e. The Labute approximate surface area is 223 Å². The smallest absolute Gasteiger partial charge is 0.283 e. The Morgan fingerprint density at radius 3 is 2.51 bits per heavy atom. The number of halogens is 5. The van der Waals surface area contributed by atoms with Crippen molar-refractivity contribution in [2.45, 2.75) is 43.8 Å². The first-order chi connectivity index (χ1) is 18.6. The van der Waals surface area contributed by atoms with Crippen LogP contribution in [-0.4, -0.2) is 84.5 Å². The lowest BCUT2D eigenvalue weighted by Crippen LogP contribution is -2.54. The molecule has 2 aliphatic heterocycles. The van der Waals surface area contributed by atoms with Crippen molar-refractivity contribution in [3.8, 4) is 5.75 Å². The maximum atomic E-state index is 15.8. The maximum absolute atomic E-state index is 15.8. The van der Waals surface area contributed by atoms with Gasteiger partial charge in [-0.15, -0.1) is 0 Å². The van der Waals surface area contributed by atoms with Gasteiger partial charge in [-0.2, -0.15) is 0 Å². The van der Waals surface area contributed by atoms with Crippen LogP contribution in [0, 0.1) is 11.6 Å². The first-order valence-corrected chi connectivity index (χ1v) is 13.1. The highest BCUT2D eigenvalue weighted by Crippen LogP contribution is 2.44. The average Bonchev–Trinajstić information content (AvgIpc) is 3.23. The van der Waals surface area contributed by atoms with Gasteiger partial charge in [-0.05, 0) is 55.7 Å². The fourth-order valence-electron chi connectivity index (χ4n) is 5.83. The number of benzene rings is 2. The van der Waals surface area contributed by atoms with Gasteiger partial charge in [0.05, 0.1) is 32.4 Å². The third-order valence-electron chi connectivity index (χ3n) is 7.75. The number of likely N-dealkylation sites (tertiary alicyclic amines) is 1. The van der Waals surface area contributed by atoms with Crippen LogP contribution in [0.1, 0.15) is 36.2 Å². The fraction of sp³-hybridized carbons (Fsp3) is 0.500. The van der Waals surface area contributed by atoms with Crippen LogP contribution < -0.4 is 10.1 Å². The van der Waals surface area contributed by atoms with E-state index in [-0.39, 0.29) is 24.0 Å². The second-order valence-corrected chi connectivity index (χ2v) is 10.6. The van der Waals surface area contributed by atoms with Gasteiger partial charge < -0.3 is 20.1 Å². The second-order valence-electron chi connectivity index (χ2n) is 10.6. The predicted molar refractivity (Wildman–Crippen MR) is 139 cm³/mol. The van der Waals surface area contributed by atoms with Crippen molar-refractivity contribution in [1.82, 2.24) is 14.8 Å². The number of nitrogens with one attached hydrogen (secondary N) is 2. The summed E-state index contributed by atoms with van der Waals surface area (Å²) in [7, 11) is 1.54. The molecule has 11 heteroatoms.